The molecule has 1 fully saturated rings. The van der Waals surface area contributed by atoms with Gasteiger partial charge in [0.2, 0.25) is 15.9 Å². The fourth-order valence-electron chi connectivity index (χ4n) is 4.27. The van der Waals surface area contributed by atoms with Crippen molar-refractivity contribution >= 4 is 22.0 Å². The summed E-state index contributed by atoms with van der Waals surface area (Å²) >= 11 is 0. The molecule has 1 aliphatic rings. The van der Waals surface area contributed by atoms with E-state index >= 15 is 0 Å². The molecule has 2 aromatic carbocycles. The van der Waals surface area contributed by atoms with Crippen molar-refractivity contribution in [2.75, 3.05) is 26.2 Å². The first-order chi connectivity index (χ1) is 16.3. The van der Waals surface area contributed by atoms with E-state index in [1.807, 2.05) is 62.4 Å². The van der Waals surface area contributed by atoms with Crippen molar-refractivity contribution in [3.63, 3.8) is 0 Å². The van der Waals surface area contributed by atoms with Crippen molar-refractivity contribution < 1.29 is 13.2 Å². The van der Waals surface area contributed by atoms with Gasteiger partial charge in [-0.2, -0.15) is 9.57 Å². The molecule has 1 aromatic heterocycles. The number of aryl methyl sites for hydroxylation is 1. The predicted molar refractivity (Wildman–Crippen MR) is 131 cm³/mol. The fourth-order valence-corrected chi connectivity index (χ4v) is 5.83. The summed E-state index contributed by atoms with van der Waals surface area (Å²) in [7, 11) is -3.79. The van der Waals surface area contributed by atoms with E-state index in [1.165, 1.54) is 16.4 Å². The van der Waals surface area contributed by atoms with Crippen LogP contribution in [0.4, 0.5) is 0 Å². The second-order valence-corrected chi connectivity index (χ2v) is 10.1. The minimum atomic E-state index is -3.79. The number of piperazine rings is 1. The minimum Gasteiger partial charge on any atom is -0.337 e. The summed E-state index contributed by atoms with van der Waals surface area (Å²) in [6, 6.07) is 20.2. The zero-order valence-electron chi connectivity index (χ0n) is 19.2. The summed E-state index contributed by atoms with van der Waals surface area (Å²) in [6.45, 7) is 5.00. The van der Waals surface area contributed by atoms with Crippen LogP contribution < -0.4 is 0 Å². The first kappa shape index (κ1) is 23.5. The molecule has 2 heterocycles. The Morgan fingerprint density at radius 1 is 0.971 bits per heavy atom. The average molecular weight is 475 g/mol. The molecule has 0 saturated carbocycles. The van der Waals surface area contributed by atoms with E-state index in [1.54, 1.807) is 23.1 Å². The lowest BCUT2D eigenvalue weighted by atomic mass is 10.2. The van der Waals surface area contributed by atoms with Crippen molar-refractivity contribution in [1.29, 1.82) is 5.26 Å². The van der Waals surface area contributed by atoms with Crippen LogP contribution in [0.5, 0.6) is 0 Å². The third kappa shape index (κ3) is 4.53. The molecular weight excluding hydrogens is 448 g/mol. The lowest BCUT2D eigenvalue weighted by Gasteiger charge is -2.33. The number of amides is 1. The van der Waals surface area contributed by atoms with E-state index in [4.69, 9.17) is 0 Å². The van der Waals surface area contributed by atoms with E-state index in [0.717, 1.165) is 22.6 Å². The summed E-state index contributed by atoms with van der Waals surface area (Å²) < 4.78 is 29.5. The van der Waals surface area contributed by atoms with Gasteiger partial charge in [0, 0.05) is 49.3 Å². The molecule has 174 valence electrons. The van der Waals surface area contributed by atoms with Crippen LogP contribution in [0.25, 0.3) is 11.8 Å². The Morgan fingerprint density at radius 3 is 2.29 bits per heavy atom. The number of benzene rings is 2. The van der Waals surface area contributed by atoms with Crippen molar-refractivity contribution in [3.8, 4) is 11.8 Å². The molecule has 34 heavy (non-hydrogen) atoms. The normalized spacial score (nSPS) is 14.9. The van der Waals surface area contributed by atoms with E-state index < -0.39 is 10.0 Å². The quantitative estimate of drug-likeness (QED) is 0.530. The number of carbonyl (C=O) groups excluding carboxylic acids is 1. The number of nitriles is 1. The van der Waals surface area contributed by atoms with Crippen LogP contribution in [0.1, 0.15) is 22.5 Å². The topological polar surface area (TPSA) is 86.4 Å². The SMILES string of the molecule is Cc1cc(C=CC(=O)N2CCN(S(=O)(=O)c3ccccc3C#N)CC2)c(C)n1-c1ccccc1. The number of aromatic nitrogens is 1. The fraction of sp³-hybridized carbons (Fsp3) is 0.231. The molecule has 1 aliphatic heterocycles. The van der Waals surface area contributed by atoms with Gasteiger partial charge in [0.1, 0.15) is 6.07 Å². The van der Waals surface area contributed by atoms with Gasteiger partial charge in [0.25, 0.3) is 0 Å². The number of hydrogen-bond acceptors (Lipinski definition) is 4. The standard InChI is InChI=1S/C26H26N4O3S/c1-20-18-22(21(2)30(20)24-9-4-3-5-10-24)12-13-26(31)28-14-16-29(17-15-28)34(32,33)25-11-7-6-8-23(25)19-27/h3-13,18H,14-17H2,1-2H3. The Balaban J connectivity index is 1.43. The lowest BCUT2D eigenvalue weighted by Crippen LogP contribution is -2.50. The van der Waals surface area contributed by atoms with E-state index in [-0.39, 0.29) is 29.5 Å². The van der Waals surface area contributed by atoms with Crippen LogP contribution in [0.3, 0.4) is 0 Å². The third-order valence-corrected chi connectivity index (χ3v) is 8.02. The Morgan fingerprint density at radius 2 is 1.62 bits per heavy atom. The van der Waals surface area contributed by atoms with Crippen LogP contribution in [-0.2, 0) is 14.8 Å². The van der Waals surface area contributed by atoms with Crippen LogP contribution >= 0.6 is 0 Å². The van der Waals surface area contributed by atoms with Gasteiger partial charge in [0.05, 0.1) is 10.5 Å². The van der Waals surface area contributed by atoms with Crippen LogP contribution in [0.2, 0.25) is 0 Å². The number of hydrogen-bond donors (Lipinski definition) is 0. The Bertz CT molecular complexity index is 1380. The molecule has 1 saturated heterocycles. The van der Waals surface area contributed by atoms with Gasteiger partial charge in [-0.05, 0) is 55.8 Å². The molecule has 0 atom stereocenters. The molecule has 0 radical (unpaired) electrons. The summed E-state index contributed by atoms with van der Waals surface area (Å²) in [4.78, 5) is 14.4. The molecule has 4 rings (SSSR count). The molecule has 0 N–H and O–H groups in total. The van der Waals surface area contributed by atoms with Gasteiger partial charge in [-0.3, -0.25) is 4.79 Å². The number of para-hydroxylation sites is 1. The highest BCUT2D eigenvalue weighted by Crippen LogP contribution is 2.23. The maximum Gasteiger partial charge on any atom is 0.246 e. The Labute approximate surface area is 200 Å². The third-order valence-electron chi connectivity index (χ3n) is 6.07. The van der Waals surface area contributed by atoms with Gasteiger partial charge in [0.15, 0.2) is 0 Å². The van der Waals surface area contributed by atoms with Crippen molar-refractivity contribution in [2.45, 2.75) is 18.7 Å². The first-order valence-corrected chi connectivity index (χ1v) is 12.5. The largest absolute Gasteiger partial charge is 0.337 e. The minimum absolute atomic E-state index is 0.00551. The number of nitrogens with zero attached hydrogens (tertiary/aromatic N) is 4. The van der Waals surface area contributed by atoms with Crippen molar-refractivity contribution in [2.24, 2.45) is 0 Å². The van der Waals surface area contributed by atoms with Gasteiger partial charge in [-0.25, -0.2) is 8.42 Å². The lowest BCUT2D eigenvalue weighted by molar-refractivity contribution is -0.127. The molecule has 3 aromatic rings. The van der Waals surface area contributed by atoms with Gasteiger partial charge in [-0.1, -0.05) is 30.3 Å². The smallest absolute Gasteiger partial charge is 0.246 e. The molecular formula is C26H26N4O3S. The molecule has 8 heteroatoms. The summed E-state index contributed by atoms with van der Waals surface area (Å²) in [6.07, 6.45) is 3.36. The van der Waals surface area contributed by atoms with Gasteiger partial charge < -0.3 is 9.47 Å². The summed E-state index contributed by atoms with van der Waals surface area (Å²) in [5, 5.41) is 9.26. The summed E-state index contributed by atoms with van der Waals surface area (Å²) in [5.41, 5.74) is 4.27. The number of sulfonamides is 1. The highest BCUT2D eigenvalue weighted by Gasteiger charge is 2.31. The second-order valence-electron chi connectivity index (χ2n) is 8.17. The maximum atomic E-state index is 13.0. The Hall–Kier alpha value is -3.67. The second kappa shape index (κ2) is 9.67. The molecule has 0 bridgehead atoms. The van der Waals surface area contributed by atoms with Crippen LogP contribution in [0, 0.1) is 25.2 Å². The van der Waals surface area contributed by atoms with Crippen LogP contribution in [0.15, 0.2) is 71.6 Å². The van der Waals surface area contributed by atoms with E-state index in [0.29, 0.717) is 13.1 Å². The van der Waals surface area contributed by atoms with Crippen molar-refractivity contribution in [1.82, 2.24) is 13.8 Å². The van der Waals surface area contributed by atoms with Crippen molar-refractivity contribution in [3.05, 3.63) is 89.3 Å². The Kier molecular flexibility index (Phi) is 6.68. The molecule has 0 spiro atoms. The zero-order chi connectivity index (χ0) is 24.3. The zero-order valence-corrected chi connectivity index (χ0v) is 20.0. The molecule has 0 aliphatic carbocycles. The highest BCUT2D eigenvalue weighted by molar-refractivity contribution is 7.89. The summed E-state index contributed by atoms with van der Waals surface area (Å²) in [5.74, 6) is -0.154. The van der Waals surface area contributed by atoms with Gasteiger partial charge in [-0.15, -0.1) is 0 Å². The molecule has 0 unspecified atom stereocenters. The maximum absolute atomic E-state index is 13.0. The number of rotatable bonds is 5. The highest BCUT2D eigenvalue weighted by atomic mass is 32.2. The number of carbonyl (C=O) groups is 1. The first-order valence-electron chi connectivity index (χ1n) is 11.0. The van der Waals surface area contributed by atoms with Crippen LogP contribution in [-0.4, -0.2) is 54.3 Å². The average Bonchev–Trinajstić information content (AvgIpc) is 3.15. The monoisotopic (exact) mass is 474 g/mol. The van der Waals surface area contributed by atoms with E-state index in [9.17, 15) is 18.5 Å². The molecule has 1 amide bonds. The predicted octanol–water partition coefficient (Wildman–Crippen LogP) is 3.51. The van der Waals surface area contributed by atoms with E-state index in [2.05, 4.69) is 4.57 Å². The molecule has 7 nitrogen and oxygen atoms in total. The van der Waals surface area contributed by atoms with Gasteiger partial charge >= 0.3 is 0 Å².